The molecule has 2 N–H and O–H groups in total. The molecule has 30 heavy (non-hydrogen) atoms. The molecule has 1 unspecified atom stereocenters. The van der Waals surface area contributed by atoms with Crippen LogP contribution in [0.4, 0.5) is 5.82 Å². The van der Waals surface area contributed by atoms with Crippen molar-refractivity contribution >= 4 is 16.9 Å². The van der Waals surface area contributed by atoms with Crippen molar-refractivity contribution in [3.63, 3.8) is 0 Å². The van der Waals surface area contributed by atoms with E-state index < -0.39 is 5.60 Å². The van der Waals surface area contributed by atoms with Gasteiger partial charge in [0.05, 0.1) is 37.1 Å². The Morgan fingerprint density at radius 2 is 2.17 bits per heavy atom. The van der Waals surface area contributed by atoms with Crippen LogP contribution < -0.4 is 4.90 Å². The number of aliphatic hydroxyl groups is 1. The van der Waals surface area contributed by atoms with Crippen molar-refractivity contribution in [1.82, 2.24) is 25.0 Å². The van der Waals surface area contributed by atoms with E-state index in [9.17, 15) is 10.4 Å². The van der Waals surface area contributed by atoms with Gasteiger partial charge < -0.3 is 14.7 Å². The fraction of sp³-hybridized carbons (Fsp3) is 0.524. The summed E-state index contributed by atoms with van der Waals surface area (Å²) < 4.78 is 7.30. The van der Waals surface area contributed by atoms with Gasteiger partial charge in [0.1, 0.15) is 5.82 Å². The molecule has 3 aromatic rings. The predicted octanol–water partition coefficient (Wildman–Crippen LogP) is 2.27. The van der Waals surface area contributed by atoms with Crippen molar-refractivity contribution in [2.75, 3.05) is 24.7 Å². The third kappa shape index (κ3) is 3.13. The molecule has 2 fully saturated rings. The van der Waals surface area contributed by atoms with Gasteiger partial charge >= 0.3 is 0 Å². The molecule has 5 rings (SSSR count). The quantitative estimate of drug-likeness (QED) is 0.684. The molecule has 156 valence electrons. The molecule has 0 spiro atoms. The van der Waals surface area contributed by atoms with E-state index in [1.165, 1.54) is 0 Å². The Bertz CT molecular complexity index is 1080. The molecule has 4 heterocycles. The van der Waals surface area contributed by atoms with Crippen LogP contribution in [0.3, 0.4) is 0 Å². The molecule has 9 nitrogen and oxygen atoms in total. The maximum Gasteiger partial charge on any atom is 0.177 e. The van der Waals surface area contributed by atoms with E-state index in [0.717, 1.165) is 23.3 Å². The lowest BCUT2D eigenvalue weighted by Crippen LogP contribution is -2.44. The predicted molar refractivity (Wildman–Crippen MR) is 110 cm³/mol. The van der Waals surface area contributed by atoms with E-state index in [2.05, 4.69) is 33.2 Å². The Morgan fingerprint density at radius 3 is 2.87 bits per heavy atom. The molecule has 0 radical (unpaired) electrons. The number of rotatable bonds is 3. The lowest BCUT2D eigenvalue weighted by atomic mass is 9.75. The topological polar surface area (TPSA) is 116 Å². The van der Waals surface area contributed by atoms with Crippen LogP contribution in [0.1, 0.15) is 38.2 Å². The minimum absolute atomic E-state index is 0.00752. The van der Waals surface area contributed by atoms with Crippen LogP contribution in [0.5, 0.6) is 0 Å². The number of pyridine rings is 1. The van der Waals surface area contributed by atoms with Crippen LogP contribution in [0.25, 0.3) is 16.9 Å². The zero-order valence-electron chi connectivity index (χ0n) is 17.0. The molecule has 1 atom stereocenters. The Hall–Kier alpha value is -2.96. The molecule has 9 heteroatoms. The molecular formula is C21H25N7O2. The van der Waals surface area contributed by atoms with E-state index in [1.807, 2.05) is 12.1 Å². The fourth-order valence-corrected chi connectivity index (χ4v) is 4.62. The van der Waals surface area contributed by atoms with Crippen LogP contribution in [-0.2, 0) is 10.3 Å². The van der Waals surface area contributed by atoms with Crippen LogP contribution in [-0.4, -0.2) is 55.9 Å². The second-order valence-electron chi connectivity index (χ2n) is 8.31. The average Bonchev–Trinajstić information content (AvgIpc) is 3.43. The Balaban J connectivity index is 1.66. The number of H-pyrrole nitrogens is 1. The number of aromatic nitrogens is 5. The smallest absolute Gasteiger partial charge is 0.177 e. The van der Waals surface area contributed by atoms with Crippen LogP contribution >= 0.6 is 0 Å². The van der Waals surface area contributed by atoms with E-state index in [1.54, 1.807) is 17.1 Å². The van der Waals surface area contributed by atoms with Crippen molar-refractivity contribution in [2.45, 2.75) is 44.2 Å². The maximum absolute atomic E-state index is 11.6. The van der Waals surface area contributed by atoms with E-state index in [4.69, 9.17) is 9.72 Å². The number of nitrogens with one attached hydrogen (secondary N) is 1. The van der Waals surface area contributed by atoms with Crippen LogP contribution in [0.15, 0.2) is 24.5 Å². The first-order chi connectivity index (χ1) is 14.6. The number of aromatic amines is 1. The van der Waals surface area contributed by atoms with Gasteiger partial charge in [0, 0.05) is 30.1 Å². The molecule has 1 aliphatic carbocycles. The summed E-state index contributed by atoms with van der Waals surface area (Å²) in [6.45, 7) is 4.14. The third-order valence-electron chi connectivity index (χ3n) is 6.39. The summed E-state index contributed by atoms with van der Waals surface area (Å²) in [6, 6.07) is 6.38. The van der Waals surface area contributed by atoms with Crippen LogP contribution in [0.2, 0.25) is 0 Å². The average molecular weight is 407 g/mol. The van der Waals surface area contributed by atoms with Gasteiger partial charge in [-0.3, -0.25) is 5.10 Å². The number of ether oxygens (including phenoxy) is 1. The zero-order chi connectivity index (χ0) is 20.7. The first kappa shape index (κ1) is 19.0. The minimum atomic E-state index is -1.00. The lowest BCUT2D eigenvalue weighted by molar-refractivity contribution is -0.00679. The molecule has 3 aromatic heterocycles. The normalized spacial score (nSPS) is 27.3. The number of morpholine rings is 1. The number of fused-ring (bicyclic) bond motifs is 1. The number of hydrogen-bond donors (Lipinski definition) is 2. The molecule has 0 bridgehead atoms. The van der Waals surface area contributed by atoms with Gasteiger partial charge in [-0.2, -0.15) is 20.1 Å². The third-order valence-corrected chi connectivity index (χ3v) is 6.39. The summed E-state index contributed by atoms with van der Waals surface area (Å²) in [6.07, 6.45) is 5.98. The summed E-state index contributed by atoms with van der Waals surface area (Å²) in [4.78, 5) is 7.16. The van der Waals surface area contributed by atoms with Crippen molar-refractivity contribution in [3.05, 3.63) is 30.1 Å². The number of anilines is 1. The molecular weight excluding hydrogens is 382 g/mol. The summed E-state index contributed by atoms with van der Waals surface area (Å²) >= 11 is 0. The highest BCUT2D eigenvalue weighted by atomic mass is 16.5. The van der Waals surface area contributed by atoms with E-state index in [0.29, 0.717) is 50.4 Å². The highest BCUT2D eigenvalue weighted by molar-refractivity contribution is 5.83. The molecule has 1 saturated carbocycles. The second kappa shape index (κ2) is 7.38. The molecule has 1 saturated heterocycles. The number of hydrogen-bond acceptors (Lipinski definition) is 7. The standard InChI is InChI=1S/C21H25N7O2/c1-14-13-30-9-8-27(14)19-10-17(21(29)5-2-15(11-22)3-6-21)16-12-24-28(20(16)25-19)18-4-7-23-26-18/h4,7,10,12,14-15,29H,2-3,5-6,8-9,13H2,1H3,(H,23,26). The van der Waals surface area contributed by atoms with Gasteiger partial charge in [0.2, 0.25) is 0 Å². The first-order valence-electron chi connectivity index (χ1n) is 10.4. The molecule has 1 aliphatic heterocycles. The SMILES string of the molecule is CC1COCCN1c1cc(C2(O)CCC(C#N)CC2)c2cnn(-c3cc[nH]n3)c2n1. The number of nitriles is 1. The Labute approximate surface area is 174 Å². The van der Waals surface area contributed by atoms with Crippen LogP contribution in [0, 0.1) is 17.2 Å². The van der Waals surface area contributed by atoms with Crippen molar-refractivity contribution < 1.29 is 9.84 Å². The minimum Gasteiger partial charge on any atom is -0.385 e. The monoisotopic (exact) mass is 407 g/mol. The highest BCUT2D eigenvalue weighted by Crippen LogP contribution is 2.43. The molecule has 0 aromatic carbocycles. The van der Waals surface area contributed by atoms with Gasteiger partial charge in [-0.05, 0) is 44.2 Å². The van der Waals surface area contributed by atoms with Crippen molar-refractivity contribution in [1.29, 1.82) is 5.26 Å². The summed E-state index contributed by atoms with van der Waals surface area (Å²) in [5.74, 6) is 1.46. The molecule has 2 aliphatic rings. The van der Waals surface area contributed by atoms with E-state index in [-0.39, 0.29) is 12.0 Å². The largest absolute Gasteiger partial charge is 0.385 e. The second-order valence-corrected chi connectivity index (χ2v) is 8.31. The first-order valence-corrected chi connectivity index (χ1v) is 10.4. The highest BCUT2D eigenvalue weighted by Gasteiger charge is 2.38. The van der Waals surface area contributed by atoms with Crippen molar-refractivity contribution in [2.24, 2.45) is 5.92 Å². The summed E-state index contributed by atoms with van der Waals surface area (Å²) in [5, 5.41) is 33.3. The molecule has 0 amide bonds. The lowest BCUT2D eigenvalue weighted by Gasteiger charge is -2.37. The van der Waals surface area contributed by atoms with E-state index >= 15 is 0 Å². The Kier molecular flexibility index (Phi) is 4.68. The summed E-state index contributed by atoms with van der Waals surface area (Å²) in [7, 11) is 0. The zero-order valence-corrected chi connectivity index (χ0v) is 17.0. The Morgan fingerprint density at radius 1 is 1.33 bits per heavy atom. The summed E-state index contributed by atoms with van der Waals surface area (Å²) in [5.41, 5.74) is 0.501. The van der Waals surface area contributed by atoms with Gasteiger partial charge in [0.15, 0.2) is 11.5 Å². The van der Waals surface area contributed by atoms with Gasteiger partial charge in [-0.1, -0.05) is 0 Å². The fourth-order valence-electron chi connectivity index (χ4n) is 4.62. The maximum atomic E-state index is 11.6. The van der Waals surface area contributed by atoms with Gasteiger partial charge in [-0.15, -0.1) is 0 Å². The van der Waals surface area contributed by atoms with Gasteiger partial charge in [0.25, 0.3) is 0 Å². The van der Waals surface area contributed by atoms with Gasteiger partial charge in [-0.25, -0.2) is 4.98 Å². The number of nitrogens with zero attached hydrogens (tertiary/aromatic N) is 6. The van der Waals surface area contributed by atoms with Crippen molar-refractivity contribution in [3.8, 4) is 11.9 Å².